The lowest BCUT2D eigenvalue weighted by Crippen LogP contribution is -2.45. The van der Waals surface area contributed by atoms with Crippen LogP contribution in [0.1, 0.15) is 11.1 Å². The van der Waals surface area contributed by atoms with Gasteiger partial charge in [0.15, 0.2) is 11.7 Å². The summed E-state index contributed by atoms with van der Waals surface area (Å²) in [5.41, 5.74) is 6.13. The monoisotopic (exact) mass is 358 g/mol. The molecular formula is C17H15FN4O2S. The van der Waals surface area contributed by atoms with Crippen LogP contribution >= 0.6 is 12.2 Å². The summed E-state index contributed by atoms with van der Waals surface area (Å²) in [7, 11) is 0. The van der Waals surface area contributed by atoms with Crippen LogP contribution in [0.5, 0.6) is 5.75 Å². The van der Waals surface area contributed by atoms with Gasteiger partial charge in [0.25, 0.3) is 5.91 Å². The second-order valence-electron chi connectivity index (χ2n) is 4.99. The van der Waals surface area contributed by atoms with Crippen LogP contribution in [0.25, 0.3) is 0 Å². The average molecular weight is 358 g/mol. The van der Waals surface area contributed by atoms with E-state index < -0.39 is 5.91 Å². The highest BCUT2D eigenvalue weighted by atomic mass is 32.1. The summed E-state index contributed by atoms with van der Waals surface area (Å²) in [5, 5.41) is 11.8. The Kier molecular flexibility index (Phi) is 6.26. The summed E-state index contributed by atoms with van der Waals surface area (Å²) >= 11 is 5.00. The maximum Gasteiger partial charge on any atom is 0.276 e. The quantitative estimate of drug-likeness (QED) is 0.575. The second kappa shape index (κ2) is 8.61. The summed E-state index contributed by atoms with van der Waals surface area (Å²) in [5.74, 6) is -0.538. The number of carbonyl (C=O) groups excluding carboxylic acids is 1. The molecule has 128 valence electrons. The minimum atomic E-state index is -0.494. The average Bonchev–Trinajstić information content (AvgIpc) is 2.61. The van der Waals surface area contributed by atoms with Crippen LogP contribution in [-0.2, 0) is 4.79 Å². The van der Waals surface area contributed by atoms with E-state index in [1.807, 2.05) is 6.07 Å². The van der Waals surface area contributed by atoms with Crippen molar-refractivity contribution in [3.63, 3.8) is 0 Å². The third kappa shape index (κ3) is 5.44. The van der Waals surface area contributed by atoms with E-state index in [4.69, 9.17) is 22.2 Å². The molecule has 0 unspecified atom stereocenters. The SMILES string of the molecule is Cc1ccc(NC(=S)NNC(=O)COc2ccccc2C#N)cc1F. The summed E-state index contributed by atoms with van der Waals surface area (Å²) in [4.78, 5) is 11.7. The van der Waals surface area contributed by atoms with Gasteiger partial charge in [-0.05, 0) is 49.0 Å². The lowest BCUT2D eigenvalue weighted by molar-refractivity contribution is -0.123. The minimum Gasteiger partial charge on any atom is -0.482 e. The number of ether oxygens (including phenoxy) is 1. The Morgan fingerprint density at radius 2 is 2.04 bits per heavy atom. The third-order valence-corrected chi connectivity index (χ3v) is 3.32. The van der Waals surface area contributed by atoms with Gasteiger partial charge in [0.2, 0.25) is 0 Å². The van der Waals surface area contributed by atoms with Crippen molar-refractivity contribution in [3.8, 4) is 11.8 Å². The van der Waals surface area contributed by atoms with Gasteiger partial charge in [0.05, 0.1) is 5.56 Å². The molecule has 0 aliphatic carbocycles. The number of nitriles is 1. The molecule has 0 aromatic heterocycles. The molecular weight excluding hydrogens is 343 g/mol. The van der Waals surface area contributed by atoms with E-state index in [1.54, 1.807) is 43.3 Å². The highest BCUT2D eigenvalue weighted by Gasteiger charge is 2.07. The number of aryl methyl sites for hydroxylation is 1. The molecule has 0 radical (unpaired) electrons. The van der Waals surface area contributed by atoms with E-state index >= 15 is 0 Å². The predicted molar refractivity (Wildman–Crippen MR) is 95.3 cm³/mol. The Morgan fingerprint density at radius 1 is 1.28 bits per heavy atom. The Morgan fingerprint density at radius 3 is 2.76 bits per heavy atom. The van der Waals surface area contributed by atoms with Gasteiger partial charge in [-0.3, -0.25) is 15.6 Å². The van der Waals surface area contributed by atoms with Crippen LogP contribution in [0.3, 0.4) is 0 Å². The first-order chi connectivity index (χ1) is 12.0. The number of hydrazine groups is 1. The van der Waals surface area contributed by atoms with E-state index in [-0.39, 0.29) is 17.5 Å². The molecule has 0 heterocycles. The van der Waals surface area contributed by atoms with Gasteiger partial charge < -0.3 is 10.1 Å². The normalized spacial score (nSPS) is 9.64. The van der Waals surface area contributed by atoms with E-state index in [0.29, 0.717) is 22.6 Å². The smallest absolute Gasteiger partial charge is 0.276 e. The van der Waals surface area contributed by atoms with E-state index in [2.05, 4.69) is 16.2 Å². The first-order valence-corrected chi connectivity index (χ1v) is 7.64. The molecule has 1 amide bonds. The van der Waals surface area contributed by atoms with Gasteiger partial charge in [-0.2, -0.15) is 5.26 Å². The number of rotatable bonds is 4. The molecule has 0 saturated heterocycles. The molecule has 25 heavy (non-hydrogen) atoms. The van der Waals surface area contributed by atoms with Crippen LogP contribution in [0, 0.1) is 24.1 Å². The van der Waals surface area contributed by atoms with Crippen molar-refractivity contribution in [3.05, 3.63) is 59.4 Å². The van der Waals surface area contributed by atoms with Crippen molar-refractivity contribution in [2.75, 3.05) is 11.9 Å². The molecule has 0 atom stereocenters. The van der Waals surface area contributed by atoms with Crippen molar-refractivity contribution in [1.82, 2.24) is 10.9 Å². The second-order valence-corrected chi connectivity index (χ2v) is 5.40. The number of amides is 1. The number of benzene rings is 2. The maximum absolute atomic E-state index is 13.5. The van der Waals surface area contributed by atoms with Crippen molar-refractivity contribution < 1.29 is 13.9 Å². The van der Waals surface area contributed by atoms with Crippen LogP contribution in [0.15, 0.2) is 42.5 Å². The molecule has 6 nitrogen and oxygen atoms in total. The molecule has 2 aromatic carbocycles. The molecule has 8 heteroatoms. The zero-order valence-electron chi connectivity index (χ0n) is 13.3. The molecule has 0 saturated carbocycles. The van der Waals surface area contributed by atoms with E-state index in [1.165, 1.54) is 6.07 Å². The number of nitrogens with one attached hydrogen (secondary N) is 3. The third-order valence-electron chi connectivity index (χ3n) is 3.11. The van der Waals surface area contributed by atoms with Crippen LogP contribution in [-0.4, -0.2) is 17.6 Å². The van der Waals surface area contributed by atoms with E-state index in [9.17, 15) is 9.18 Å². The van der Waals surface area contributed by atoms with Gasteiger partial charge in [0.1, 0.15) is 17.6 Å². The van der Waals surface area contributed by atoms with Crippen molar-refractivity contribution in [1.29, 1.82) is 5.26 Å². The van der Waals surface area contributed by atoms with Crippen molar-refractivity contribution >= 4 is 28.9 Å². The number of nitrogens with zero attached hydrogens (tertiary/aromatic N) is 1. The van der Waals surface area contributed by atoms with Gasteiger partial charge in [-0.1, -0.05) is 18.2 Å². The summed E-state index contributed by atoms with van der Waals surface area (Å²) in [6.45, 7) is 1.35. The molecule has 0 fully saturated rings. The summed E-state index contributed by atoms with van der Waals surface area (Å²) in [6.07, 6.45) is 0. The van der Waals surface area contributed by atoms with Crippen molar-refractivity contribution in [2.45, 2.75) is 6.92 Å². The number of halogens is 1. The van der Waals surface area contributed by atoms with Gasteiger partial charge >= 0.3 is 0 Å². The fourth-order valence-corrected chi connectivity index (χ4v) is 1.99. The molecule has 3 N–H and O–H groups in total. The molecule has 0 bridgehead atoms. The minimum absolute atomic E-state index is 0.0917. The first kappa shape index (κ1) is 18.2. The fourth-order valence-electron chi connectivity index (χ4n) is 1.82. The molecule has 0 aliphatic heterocycles. The predicted octanol–water partition coefficient (Wildman–Crippen LogP) is 2.40. The van der Waals surface area contributed by atoms with Gasteiger partial charge in [0, 0.05) is 5.69 Å². The Balaban J connectivity index is 1.78. The topological polar surface area (TPSA) is 86.2 Å². The Hall–Kier alpha value is -3.18. The van der Waals surface area contributed by atoms with Crippen LogP contribution in [0.4, 0.5) is 10.1 Å². The number of thiocarbonyl (C=S) groups is 1. The fraction of sp³-hybridized carbons (Fsp3) is 0.118. The maximum atomic E-state index is 13.5. The van der Waals surface area contributed by atoms with Crippen molar-refractivity contribution in [2.24, 2.45) is 0 Å². The highest BCUT2D eigenvalue weighted by Crippen LogP contribution is 2.16. The van der Waals surface area contributed by atoms with Gasteiger partial charge in [-0.15, -0.1) is 0 Å². The number of carbonyl (C=O) groups is 1. The Bertz CT molecular complexity index is 836. The number of hydrogen-bond donors (Lipinski definition) is 3. The van der Waals surface area contributed by atoms with Gasteiger partial charge in [-0.25, -0.2) is 4.39 Å². The summed E-state index contributed by atoms with van der Waals surface area (Å²) < 4.78 is 18.7. The standard InChI is InChI=1S/C17H15FN4O2S/c1-11-6-7-13(8-14(11)18)20-17(25)22-21-16(23)10-24-15-5-3-2-4-12(15)9-19/h2-8H,10H2,1H3,(H,21,23)(H2,20,22,25). The number of anilines is 1. The largest absolute Gasteiger partial charge is 0.482 e. The number of hydrogen-bond acceptors (Lipinski definition) is 4. The first-order valence-electron chi connectivity index (χ1n) is 7.23. The molecule has 2 aromatic rings. The van der Waals surface area contributed by atoms with Crippen LogP contribution in [0.2, 0.25) is 0 Å². The lowest BCUT2D eigenvalue weighted by atomic mass is 10.2. The zero-order chi connectivity index (χ0) is 18.2. The number of para-hydroxylation sites is 1. The zero-order valence-corrected chi connectivity index (χ0v) is 14.1. The molecule has 2 rings (SSSR count). The van der Waals surface area contributed by atoms with Crippen LogP contribution < -0.4 is 20.9 Å². The van der Waals surface area contributed by atoms with E-state index in [0.717, 1.165) is 0 Å². The lowest BCUT2D eigenvalue weighted by Gasteiger charge is -2.12. The summed E-state index contributed by atoms with van der Waals surface area (Å²) in [6, 6.07) is 13.1. The Labute approximate surface area is 149 Å². The molecule has 0 spiro atoms. The highest BCUT2D eigenvalue weighted by molar-refractivity contribution is 7.80. The molecule has 0 aliphatic rings.